The lowest BCUT2D eigenvalue weighted by Gasteiger charge is -2.01. The number of rotatable bonds is 2. The lowest BCUT2D eigenvalue weighted by Crippen LogP contribution is -2.05. The predicted molar refractivity (Wildman–Crippen MR) is 71.1 cm³/mol. The molecule has 5 nitrogen and oxygen atoms in total. The van der Waals surface area contributed by atoms with Crippen molar-refractivity contribution in [2.75, 3.05) is 0 Å². The first-order valence-corrected chi connectivity index (χ1v) is 6.03. The molecule has 3 aromatic rings. The Kier molecular flexibility index (Phi) is 2.67. The number of nitrogens with zero attached hydrogens (tertiary/aromatic N) is 3. The van der Waals surface area contributed by atoms with E-state index in [2.05, 4.69) is 10.1 Å². The lowest BCUT2D eigenvalue weighted by molar-refractivity contribution is 0.510. The largest absolute Gasteiger partial charge is 0.404 e. The average molecular weight is 255 g/mol. The lowest BCUT2D eigenvalue weighted by atomic mass is 10.2. The Hall–Kier alpha value is -2.43. The third-order valence-corrected chi connectivity index (χ3v) is 3.04. The first kappa shape index (κ1) is 11.6. The Morgan fingerprint density at radius 1 is 1.32 bits per heavy atom. The number of aromatic nitrogens is 3. The highest BCUT2D eigenvalue weighted by Crippen LogP contribution is 2.20. The minimum absolute atomic E-state index is 0.354. The summed E-state index contributed by atoms with van der Waals surface area (Å²) < 4.78 is 6.97. The topological polar surface area (TPSA) is 60.9 Å². The first-order valence-electron chi connectivity index (χ1n) is 6.03. The van der Waals surface area contributed by atoms with E-state index in [1.807, 2.05) is 32.0 Å². The third kappa shape index (κ3) is 2.03. The van der Waals surface area contributed by atoms with Crippen LogP contribution in [0, 0.1) is 13.8 Å². The predicted octanol–water partition coefficient (Wildman–Crippen LogP) is 2.05. The van der Waals surface area contributed by atoms with E-state index in [-0.39, 0.29) is 5.63 Å². The van der Waals surface area contributed by atoms with Gasteiger partial charge < -0.3 is 4.42 Å². The van der Waals surface area contributed by atoms with E-state index < -0.39 is 0 Å². The molecular formula is C14H13N3O2. The van der Waals surface area contributed by atoms with Gasteiger partial charge in [0.15, 0.2) is 0 Å². The van der Waals surface area contributed by atoms with Gasteiger partial charge in [0.2, 0.25) is 5.71 Å². The first-order chi connectivity index (χ1) is 9.15. The quantitative estimate of drug-likeness (QED) is 0.703. The molecule has 3 rings (SSSR count). The van der Waals surface area contributed by atoms with Gasteiger partial charge >= 0.3 is 5.63 Å². The summed E-state index contributed by atoms with van der Waals surface area (Å²) in [6.45, 7) is 4.28. The van der Waals surface area contributed by atoms with Gasteiger partial charge in [-0.2, -0.15) is 5.10 Å². The van der Waals surface area contributed by atoms with Gasteiger partial charge in [0.05, 0.1) is 23.3 Å². The molecule has 0 aliphatic heterocycles. The molecule has 5 heteroatoms. The molecule has 0 bridgehead atoms. The third-order valence-electron chi connectivity index (χ3n) is 3.04. The van der Waals surface area contributed by atoms with E-state index in [1.54, 1.807) is 10.9 Å². The van der Waals surface area contributed by atoms with E-state index in [0.717, 1.165) is 22.3 Å². The van der Waals surface area contributed by atoms with Gasteiger partial charge in [-0.1, -0.05) is 6.07 Å². The fourth-order valence-electron chi connectivity index (χ4n) is 2.24. The van der Waals surface area contributed by atoms with Crippen molar-refractivity contribution in [2.45, 2.75) is 20.4 Å². The number of pyridine rings is 1. The van der Waals surface area contributed by atoms with Crippen molar-refractivity contribution in [1.82, 2.24) is 14.8 Å². The molecule has 3 heterocycles. The van der Waals surface area contributed by atoms with Gasteiger partial charge in [0, 0.05) is 12.3 Å². The normalized spacial score (nSPS) is 11.1. The Balaban J connectivity index is 2.17. The van der Waals surface area contributed by atoms with Crippen LogP contribution in [0.25, 0.3) is 11.1 Å². The minimum atomic E-state index is -0.354. The van der Waals surface area contributed by atoms with Crippen molar-refractivity contribution in [3.63, 3.8) is 0 Å². The molecule has 0 aromatic carbocycles. The van der Waals surface area contributed by atoms with Crippen LogP contribution in [0.3, 0.4) is 0 Å². The van der Waals surface area contributed by atoms with Crippen LogP contribution in [0.2, 0.25) is 0 Å². The van der Waals surface area contributed by atoms with Gasteiger partial charge in [-0.25, -0.2) is 9.48 Å². The van der Waals surface area contributed by atoms with Gasteiger partial charge in [0.1, 0.15) is 0 Å². The number of fused-ring (bicyclic) bond motifs is 1. The SMILES string of the molecule is Cc1cc(=O)oc2c1c(C)nn2Cc1ccccn1. The van der Waals surface area contributed by atoms with Crippen molar-refractivity contribution < 1.29 is 4.42 Å². The van der Waals surface area contributed by atoms with Crippen molar-refractivity contribution in [3.05, 3.63) is 57.8 Å². The molecule has 0 N–H and O–H groups in total. The van der Waals surface area contributed by atoms with Crippen molar-refractivity contribution in [1.29, 1.82) is 0 Å². The van der Waals surface area contributed by atoms with E-state index in [0.29, 0.717) is 12.3 Å². The van der Waals surface area contributed by atoms with E-state index in [4.69, 9.17) is 4.42 Å². The molecule has 0 aliphatic carbocycles. The summed E-state index contributed by atoms with van der Waals surface area (Å²) in [5.74, 6) is 0. The Labute approximate surface area is 109 Å². The van der Waals surface area contributed by atoms with E-state index >= 15 is 0 Å². The van der Waals surface area contributed by atoms with Crippen LogP contribution in [0.5, 0.6) is 0 Å². The van der Waals surface area contributed by atoms with Crippen LogP contribution >= 0.6 is 0 Å². The molecular weight excluding hydrogens is 242 g/mol. The van der Waals surface area contributed by atoms with Crippen molar-refractivity contribution in [2.24, 2.45) is 0 Å². The molecule has 19 heavy (non-hydrogen) atoms. The van der Waals surface area contributed by atoms with Gasteiger partial charge in [-0.05, 0) is 31.5 Å². The summed E-state index contributed by atoms with van der Waals surface area (Å²) in [4.78, 5) is 15.7. The zero-order valence-electron chi connectivity index (χ0n) is 10.8. The number of hydrogen-bond acceptors (Lipinski definition) is 4. The van der Waals surface area contributed by atoms with Crippen LogP contribution in [0.1, 0.15) is 17.0 Å². The van der Waals surface area contributed by atoms with Crippen LogP contribution in [0.15, 0.2) is 39.7 Å². The molecule has 0 unspecified atom stereocenters. The summed E-state index contributed by atoms with van der Waals surface area (Å²) in [6.07, 6.45) is 1.73. The second-order valence-electron chi connectivity index (χ2n) is 4.49. The maximum atomic E-state index is 11.5. The zero-order chi connectivity index (χ0) is 13.4. The van der Waals surface area contributed by atoms with Crippen LogP contribution < -0.4 is 5.63 Å². The highest BCUT2D eigenvalue weighted by molar-refractivity contribution is 5.79. The van der Waals surface area contributed by atoms with Crippen molar-refractivity contribution >= 4 is 11.1 Å². The standard InChI is InChI=1S/C14H13N3O2/c1-9-7-12(18)19-14-13(9)10(2)16-17(14)8-11-5-3-4-6-15-11/h3-7H,8H2,1-2H3. The fourth-order valence-corrected chi connectivity index (χ4v) is 2.24. The highest BCUT2D eigenvalue weighted by atomic mass is 16.4. The second kappa shape index (κ2) is 4.35. The fraction of sp³-hybridized carbons (Fsp3) is 0.214. The molecule has 0 atom stereocenters. The second-order valence-corrected chi connectivity index (χ2v) is 4.49. The molecule has 0 radical (unpaired) electrons. The van der Waals surface area contributed by atoms with E-state index in [9.17, 15) is 4.79 Å². The molecule has 0 fully saturated rings. The summed E-state index contributed by atoms with van der Waals surface area (Å²) >= 11 is 0. The highest BCUT2D eigenvalue weighted by Gasteiger charge is 2.13. The number of aryl methyl sites for hydroxylation is 2. The van der Waals surface area contributed by atoms with Gasteiger partial charge in [0.25, 0.3) is 0 Å². The van der Waals surface area contributed by atoms with Crippen LogP contribution in [-0.2, 0) is 6.54 Å². The monoisotopic (exact) mass is 255 g/mol. The van der Waals surface area contributed by atoms with Crippen molar-refractivity contribution in [3.8, 4) is 0 Å². The Morgan fingerprint density at radius 2 is 2.16 bits per heavy atom. The van der Waals surface area contributed by atoms with Gasteiger partial charge in [-0.15, -0.1) is 0 Å². The summed E-state index contributed by atoms with van der Waals surface area (Å²) in [5, 5.41) is 5.33. The van der Waals surface area contributed by atoms with E-state index in [1.165, 1.54) is 6.07 Å². The van der Waals surface area contributed by atoms with Crippen LogP contribution in [-0.4, -0.2) is 14.8 Å². The summed E-state index contributed by atoms with van der Waals surface area (Å²) in [7, 11) is 0. The maximum Gasteiger partial charge on any atom is 0.337 e. The molecule has 0 saturated carbocycles. The Bertz CT molecular complexity index is 788. The minimum Gasteiger partial charge on any atom is -0.404 e. The maximum absolute atomic E-state index is 11.5. The Morgan fingerprint density at radius 3 is 2.89 bits per heavy atom. The molecule has 0 saturated heterocycles. The van der Waals surface area contributed by atoms with Gasteiger partial charge in [-0.3, -0.25) is 4.98 Å². The molecule has 96 valence electrons. The zero-order valence-corrected chi connectivity index (χ0v) is 10.8. The molecule has 3 aromatic heterocycles. The van der Waals surface area contributed by atoms with Crippen LogP contribution in [0.4, 0.5) is 0 Å². The number of hydrogen-bond donors (Lipinski definition) is 0. The summed E-state index contributed by atoms with van der Waals surface area (Å²) in [6, 6.07) is 7.18. The smallest absolute Gasteiger partial charge is 0.337 e. The molecule has 0 amide bonds. The summed E-state index contributed by atoms with van der Waals surface area (Å²) in [5.41, 5.74) is 2.76. The average Bonchev–Trinajstić information content (AvgIpc) is 2.67. The molecule has 0 spiro atoms. The molecule has 0 aliphatic rings.